The molecule has 5 nitrogen and oxygen atoms in total. The van der Waals surface area contributed by atoms with Crippen molar-refractivity contribution in [2.75, 3.05) is 0 Å². The molecule has 13 rings (SSSR count). The van der Waals surface area contributed by atoms with Gasteiger partial charge in [-0.1, -0.05) is 140 Å². The van der Waals surface area contributed by atoms with Crippen LogP contribution in [0.2, 0.25) is 0 Å². The molecule has 0 amide bonds. The molecule has 0 aliphatic rings. The number of hydrogen-bond donors (Lipinski definition) is 0. The Bertz CT molecular complexity index is 3830. The van der Waals surface area contributed by atoms with E-state index in [0.29, 0.717) is 5.95 Å². The highest BCUT2D eigenvalue weighted by atomic mass is 16.3. The van der Waals surface area contributed by atoms with Gasteiger partial charge in [0.2, 0.25) is 5.95 Å². The highest BCUT2D eigenvalue weighted by molar-refractivity contribution is 6.24. The fraction of sp³-hybridized carbons (Fsp3) is 0. The van der Waals surface area contributed by atoms with E-state index in [1.807, 2.05) is 12.1 Å². The number of para-hydroxylation sites is 4. The largest absolute Gasteiger partial charge is 0.456 e. The molecule has 13 aromatic rings. The number of aromatic nitrogens is 4. The third kappa shape index (κ3) is 4.23. The number of rotatable bonds is 3. The van der Waals surface area contributed by atoms with Crippen molar-refractivity contribution in [1.82, 2.24) is 19.1 Å². The van der Waals surface area contributed by atoms with Gasteiger partial charge in [0.15, 0.2) is 0 Å². The molecule has 0 radical (unpaired) electrons. The van der Waals surface area contributed by atoms with Gasteiger partial charge in [-0.25, -0.2) is 9.97 Å². The average molecular weight is 727 g/mol. The Kier molecular flexibility index (Phi) is 6.10. The van der Waals surface area contributed by atoms with E-state index in [0.717, 1.165) is 77.0 Å². The standard InChI is InChI=1S/C52H30N4O/c1-3-15-34-31(13-1)25-28-39-36-17-6-10-22-43(36)56(50(34)39)51-35-16-4-2-14-32(35)29-45-48(51)41-20-7-11-23-44(41)55(45)52-53-42-21-9-5-19-40(42)49(54-52)33-26-27-38-37-18-8-12-24-46(37)57-47(38)30-33/h1-30H. The molecular weight excluding hydrogens is 697 g/mol. The lowest BCUT2D eigenvalue weighted by Crippen LogP contribution is -2.04. The first-order chi connectivity index (χ1) is 28.3. The smallest absolute Gasteiger partial charge is 0.235 e. The van der Waals surface area contributed by atoms with E-state index in [4.69, 9.17) is 14.4 Å². The third-order valence-corrected chi connectivity index (χ3v) is 11.9. The second-order valence-corrected chi connectivity index (χ2v) is 14.9. The van der Waals surface area contributed by atoms with Crippen molar-refractivity contribution in [2.24, 2.45) is 0 Å². The van der Waals surface area contributed by atoms with Crippen molar-refractivity contribution in [3.63, 3.8) is 0 Å². The minimum Gasteiger partial charge on any atom is -0.456 e. The van der Waals surface area contributed by atoms with Gasteiger partial charge < -0.3 is 8.98 Å². The van der Waals surface area contributed by atoms with E-state index >= 15 is 0 Å². The molecular formula is C52H30N4O. The Labute approximate surface area is 325 Å². The minimum atomic E-state index is 0.619. The number of hydrogen-bond acceptors (Lipinski definition) is 3. The first-order valence-corrected chi connectivity index (χ1v) is 19.3. The number of fused-ring (bicyclic) bond motifs is 13. The van der Waals surface area contributed by atoms with Crippen LogP contribution in [0, 0.1) is 0 Å². The van der Waals surface area contributed by atoms with Crippen LogP contribution in [0.1, 0.15) is 0 Å². The second kappa shape index (κ2) is 11.4. The lowest BCUT2D eigenvalue weighted by molar-refractivity contribution is 0.669. The van der Waals surface area contributed by atoms with Crippen LogP contribution in [0.4, 0.5) is 0 Å². The van der Waals surface area contributed by atoms with E-state index < -0.39 is 0 Å². The van der Waals surface area contributed by atoms with Gasteiger partial charge in [-0.2, -0.15) is 0 Å². The highest BCUT2D eigenvalue weighted by Crippen LogP contribution is 2.45. The van der Waals surface area contributed by atoms with Crippen molar-refractivity contribution < 1.29 is 4.42 Å². The topological polar surface area (TPSA) is 48.8 Å². The van der Waals surface area contributed by atoms with Gasteiger partial charge in [0.25, 0.3) is 0 Å². The predicted octanol–water partition coefficient (Wildman–Crippen LogP) is 13.7. The van der Waals surface area contributed by atoms with Crippen LogP contribution in [0.5, 0.6) is 0 Å². The summed E-state index contributed by atoms with van der Waals surface area (Å²) in [7, 11) is 0. The SMILES string of the molecule is c1ccc2c(-n3c4ccccc4c4ccc5ccccc5c43)c3c4ccccc4n(-c4nc(-c5ccc6c(c5)oc5ccccc56)c5ccccc5n4)c3cc2c1. The minimum absolute atomic E-state index is 0.619. The number of benzene rings is 9. The Morgan fingerprint density at radius 3 is 1.88 bits per heavy atom. The zero-order chi connectivity index (χ0) is 37.2. The van der Waals surface area contributed by atoms with Gasteiger partial charge in [-0.3, -0.25) is 4.57 Å². The summed E-state index contributed by atoms with van der Waals surface area (Å²) >= 11 is 0. The van der Waals surface area contributed by atoms with Crippen LogP contribution in [-0.4, -0.2) is 19.1 Å². The highest BCUT2D eigenvalue weighted by Gasteiger charge is 2.25. The molecule has 0 saturated heterocycles. The van der Waals surface area contributed by atoms with Crippen molar-refractivity contribution in [3.8, 4) is 22.9 Å². The number of furan rings is 1. The molecule has 0 saturated carbocycles. The Hall–Kier alpha value is -7.76. The van der Waals surface area contributed by atoms with Crippen molar-refractivity contribution in [1.29, 1.82) is 0 Å². The van der Waals surface area contributed by atoms with E-state index in [2.05, 4.69) is 179 Å². The first kappa shape index (κ1) is 30.6. The van der Waals surface area contributed by atoms with Gasteiger partial charge in [0.05, 0.1) is 39.0 Å². The molecule has 57 heavy (non-hydrogen) atoms. The average Bonchev–Trinajstić information content (AvgIpc) is 3.92. The summed E-state index contributed by atoms with van der Waals surface area (Å²) in [6.07, 6.45) is 0. The zero-order valence-corrected chi connectivity index (χ0v) is 30.5. The maximum absolute atomic E-state index is 6.37. The summed E-state index contributed by atoms with van der Waals surface area (Å²) in [6.45, 7) is 0. The molecule has 9 aromatic carbocycles. The van der Waals surface area contributed by atoms with Crippen LogP contribution in [0.3, 0.4) is 0 Å². The Morgan fingerprint density at radius 1 is 0.386 bits per heavy atom. The molecule has 0 N–H and O–H groups in total. The van der Waals surface area contributed by atoms with Gasteiger partial charge in [0, 0.05) is 54.0 Å². The molecule has 0 spiro atoms. The van der Waals surface area contributed by atoms with E-state index in [9.17, 15) is 0 Å². The fourth-order valence-corrected chi connectivity index (χ4v) is 9.43. The molecule has 4 aromatic heterocycles. The van der Waals surface area contributed by atoms with Crippen LogP contribution in [0.15, 0.2) is 186 Å². The van der Waals surface area contributed by atoms with Crippen LogP contribution < -0.4 is 0 Å². The van der Waals surface area contributed by atoms with Crippen molar-refractivity contribution >= 4 is 98.0 Å². The molecule has 0 unspecified atom stereocenters. The molecule has 0 atom stereocenters. The third-order valence-electron chi connectivity index (χ3n) is 11.9. The summed E-state index contributed by atoms with van der Waals surface area (Å²) in [5.41, 5.74) is 10.0. The van der Waals surface area contributed by atoms with E-state index in [1.165, 1.54) is 38.0 Å². The van der Waals surface area contributed by atoms with E-state index in [1.54, 1.807) is 0 Å². The lowest BCUT2D eigenvalue weighted by Gasteiger charge is -2.16. The quantitative estimate of drug-likeness (QED) is 0.182. The lowest BCUT2D eigenvalue weighted by atomic mass is 10.0. The maximum atomic E-state index is 6.37. The monoisotopic (exact) mass is 726 g/mol. The van der Waals surface area contributed by atoms with Gasteiger partial charge in [0.1, 0.15) is 11.2 Å². The van der Waals surface area contributed by atoms with Gasteiger partial charge in [-0.05, 0) is 53.2 Å². The normalized spacial score (nSPS) is 12.2. The molecule has 264 valence electrons. The predicted molar refractivity (Wildman–Crippen MR) is 236 cm³/mol. The summed E-state index contributed by atoms with van der Waals surface area (Å²) in [5, 5.41) is 12.7. The van der Waals surface area contributed by atoms with Crippen molar-refractivity contribution in [3.05, 3.63) is 182 Å². The summed E-state index contributed by atoms with van der Waals surface area (Å²) in [4.78, 5) is 10.8. The molecule has 5 heteroatoms. The summed E-state index contributed by atoms with van der Waals surface area (Å²) in [5.74, 6) is 0.619. The van der Waals surface area contributed by atoms with Gasteiger partial charge >= 0.3 is 0 Å². The van der Waals surface area contributed by atoms with Crippen LogP contribution in [-0.2, 0) is 0 Å². The number of nitrogens with zero attached hydrogens (tertiary/aromatic N) is 4. The zero-order valence-electron chi connectivity index (χ0n) is 30.5. The maximum Gasteiger partial charge on any atom is 0.235 e. The molecule has 0 fully saturated rings. The van der Waals surface area contributed by atoms with Gasteiger partial charge in [-0.15, -0.1) is 0 Å². The summed E-state index contributed by atoms with van der Waals surface area (Å²) < 4.78 is 11.2. The first-order valence-electron chi connectivity index (χ1n) is 19.3. The Balaban J connectivity index is 1.17. The fourth-order valence-electron chi connectivity index (χ4n) is 9.43. The molecule has 0 aliphatic heterocycles. The van der Waals surface area contributed by atoms with Crippen LogP contribution >= 0.6 is 0 Å². The summed E-state index contributed by atoms with van der Waals surface area (Å²) in [6, 6.07) is 64.8. The van der Waals surface area contributed by atoms with Crippen molar-refractivity contribution in [2.45, 2.75) is 0 Å². The second-order valence-electron chi connectivity index (χ2n) is 14.9. The molecule has 0 aliphatic carbocycles. The Morgan fingerprint density at radius 2 is 1.02 bits per heavy atom. The van der Waals surface area contributed by atoms with E-state index in [-0.39, 0.29) is 0 Å². The molecule has 0 bridgehead atoms. The van der Waals surface area contributed by atoms with Crippen LogP contribution in [0.25, 0.3) is 121 Å². The molecule has 4 heterocycles.